The van der Waals surface area contributed by atoms with Crippen molar-refractivity contribution in [2.24, 2.45) is 11.0 Å². The molecule has 2 rings (SSSR count). The first kappa shape index (κ1) is 17.1. The zero-order chi connectivity index (χ0) is 16.1. The molecule has 0 aliphatic heterocycles. The second-order valence-electron chi connectivity index (χ2n) is 5.18. The summed E-state index contributed by atoms with van der Waals surface area (Å²) in [6.07, 6.45) is 1.64. The van der Waals surface area contributed by atoms with Gasteiger partial charge in [0.25, 0.3) is 0 Å². The number of thiazole rings is 1. The largest absolute Gasteiger partial charge is 0.490 e. The number of rotatable bonds is 6. The predicted octanol–water partition coefficient (Wildman–Crippen LogP) is 5.24. The Morgan fingerprint density at radius 3 is 2.59 bits per heavy atom. The van der Waals surface area contributed by atoms with E-state index >= 15 is 0 Å². The molecule has 1 aromatic carbocycles. The van der Waals surface area contributed by atoms with Crippen LogP contribution in [0.4, 0.5) is 5.13 Å². The second-order valence-corrected chi connectivity index (χ2v) is 6.86. The molecule has 0 amide bonds. The summed E-state index contributed by atoms with van der Waals surface area (Å²) in [5, 5.41) is 7.76. The minimum Gasteiger partial charge on any atom is -0.490 e. The summed E-state index contributed by atoms with van der Waals surface area (Å²) in [6, 6.07) is 3.53. The Labute approximate surface area is 144 Å². The number of ether oxygens (including phenoxy) is 1. The van der Waals surface area contributed by atoms with Crippen molar-refractivity contribution in [1.82, 2.24) is 4.98 Å². The number of hydrogen-bond donors (Lipinski definition) is 1. The molecule has 1 N–H and O–H groups in total. The van der Waals surface area contributed by atoms with Gasteiger partial charge in [-0.3, -0.25) is 5.43 Å². The van der Waals surface area contributed by atoms with Crippen LogP contribution in [0, 0.1) is 12.8 Å². The Bertz CT molecular complexity index is 648. The zero-order valence-electron chi connectivity index (χ0n) is 12.6. The number of benzene rings is 1. The van der Waals surface area contributed by atoms with Crippen LogP contribution in [0.5, 0.6) is 5.75 Å². The van der Waals surface area contributed by atoms with Gasteiger partial charge in [-0.2, -0.15) is 5.10 Å². The van der Waals surface area contributed by atoms with Gasteiger partial charge in [-0.1, -0.05) is 37.0 Å². The molecule has 0 spiro atoms. The van der Waals surface area contributed by atoms with E-state index in [0.717, 1.165) is 16.4 Å². The maximum atomic E-state index is 6.22. The highest BCUT2D eigenvalue weighted by Crippen LogP contribution is 2.34. The SMILES string of the molecule is Cc1csc(N/N=C\c2cc(Cl)c(OCC(C)C)c(Cl)c2)n1. The minimum atomic E-state index is 0.402. The summed E-state index contributed by atoms with van der Waals surface area (Å²) < 4.78 is 5.63. The summed E-state index contributed by atoms with van der Waals surface area (Å²) in [5.74, 6) is 0.914. The van der Waals surface area contributed by atoms with Gasteiger partial charge in [0, 0.05) is 5.38 Å². The van der Waals surface area contributed by atoms with Crippen LogP contribution in [0.15, 0.2) is 22.6 Å². The molecule has 0 radical (unpaired) electrons. The standard InChI is InChI=1S/C15H17Cl2N3OS/c1-9(2)7-21-14-12(16)4-11(5-13(14)17)6-18-20-15-19-10(3)8-22-15/h4-6,8-9H,7H2,1-3H3,(H,19,20)/b18-6-. The fourth-order valence-corrected chi connectivity index (χ4v) is 2.86. The third-order valence-electron chi connectivity index (χ3n) is 2.57. The third kappa shape index (κ3) is 4.87. The number of nitrogens with one attached hydrogen (secondary N) is 1. The van der Waals surface area contributed by atoms with Gasteiger partial charge >= 0.3 is 0 Å². The van der Waals surface area contributed by atoms with Gasteiger partial charge in [-0.15, -0.1) is 11.3 Å². The van der Waals surface area contributed by atoms with Crippen LogP contribution in [-0.4, -0.2) is 17.8 Å². The molecule has 1 aromatic heterocycles. The van der Waals surface area contributed by atoms with Crippen LogP contribution in [0.1, 0.15) is 25.1 Å². The summed E-state index contributed by atoms with van der Waals surface area (Å²) >= 11 is 13.9. The van der Waals surface area contributed by atoms with E-state index in [0.29, 0.717) is 28.3 Å². The zero-order valence-corrected chi connectivity index (χ0v) is 14.9. The maximum absolute atomic E-state index is 6.22. The van der Waals surface area contributed by atoms with Crippen molar-refractivity contribution >= 4 is 45.9 Å². The van der Waals surface area contributed by atoms with E-state index in [2.05, 4.69) is 29.4 Å². The molecule has 0 aliphatic rings. The Kier molecular flexibility index (Phi) is 6.06. The Hall–Kier alpha value is -1.30. The number of halogens is 2. The first-order chi connectivity index (χ1) is 10.5. The third-order valence-corrected chi connectivity index (χ3v) is 4.00. The highest BCUT2D eigenvalue weighted by atomic mass is 35.5. The average Bonchev–Trinajstić information content (AvgIpc) is 2.83. The van der Waals surface area contributed by atoms with Crippen LogP contribution in [-0.2, 0) is 0 Å². The molecule has 4 nitrogen and oxygen atoms in total. The van der Waals surface area contributed by atoms with Gasteiger partial charge in [-0.05, 0) is 30.5 Å². The van der Waals surface area contributed by atoms with E-state index in [-0.39, 0.29) is 0 Å². The summed E-state index contributed by atoms with van der Waals surface area (Å²) in [5.41, 5.74) is 4.61. The Morgan fingerprint density at radius 1 is 1.36 bits per heavy atom. The molecule has 22 heavy (non-hydrogen) atoms. The number of hydrogen-bond acceptors (Lipinski definition) is 5. The monoisotopic (exact) mass is 357 g/mol. The van der Waals surface area contributed by atoms with E-state index < -0.39 is 0 Å². The molecular formula is C15H17Cl2N3OS. The lowest BCUT2D eigenvalue weighted by Crippen LogP contribution is -2.05. The summed E-state index contributed by atoms with van der Waals surface area (Å²) in [7, 11) is 0. The van der Waals surface area contributed by atoms with Gasteiger partial charge in [0.1, 0.15) is 0 Å². The van der Waals surface area contributed by atoms with Crippen molar-refractivity contribution in [2.75, 3.05) is 12.0 Å². The number of aromatic nitrogens is 1. The highest BCUT2D eigenvalue weighted by Gasteiger charge is 2.10. The van der Waals surface area contributed by atoms with E-state index in [9.17, 15) is 0 Å². The van der Waals surface area contributed by atoms with Crippen molar-refractivity contribution < 1.29 is 4.74 Å². The maximum Gasteiger partial charge on any atom is 0.203 e. The predicted molar refractivity (Wildman–Crippen MR) is 94.9 cm³/mol. The first-order valence-corrected chi connectivity index (χ1v) is 8.42. The molecule has 0 bridgehead atoms. The topological polar surface area (TPSA) is 46.5 Å². The van der Waals surface area contributed by atoms with Crippen molar-refractivity contribution in [1.29, 1.82) is 0 Å². The van der Waals surface area contributed by atoms with E-state index in [4.69, 9.17) is 27.9 Å². The van der Waals surface area contributed by atoms with Crippen LogP contribution in [0.25, 0.3) is 0 Å². The highest BCUT2D eigenvalue weighted by molar-refractivity contribution is 7.13. The van der Waals surface area contributed by atoms with Gasteiger partial charge in [-0.25, -0.2) is 4.98 Å². The molecule has 0 saturated carbocycles. The summed E-state index contributed by atoms with van der Waals surface area (Å²) in [4.78, 5) is 4.25. The van der Waals surface area contributed by atoms with Crippen LogP contribution in [0.3, 0.4) is 0 Å². The second kappa shape index (κ2) is 7.81. The molecule has 0 atom stereocenters. The molecule has 0 unspecified atom stereocenters. The molecule has 1 heterocycles. The van der Waals surface area contributed by atoms with Gasteiger partial charge in [0.15, 0.2) is 5.75 Å². The van der Waals surface area contributed by atoms with Gasteiger partial charge in [0.05, 0.1) is 28.6 Å². The number of anilines is 1. The minimum absolute atomic E-state index is 0.402. The van der Waals surface area contributed by atoms with E-state index in [1.54, 1.807) is 18.3 Å². The lowest BCUT2D eigenvalue weighted by molar-refractivity contribution is 0.271. The normalized spacial score (nSPS) is 11.4. The smallest absolute Gasteiger partial charge is 0.203 e. The van der Waals surface area contributed by atoms with E-state index in [1.165, 1.54) is 11.3 Å². The molecule has 0 fully saturated rings. The molecule has 0 aliphatic carbocycles. The quantitative estimate of drug-likeness (QED) is 0.567. The number of nitrogens with zero attached hydrogens (tertiary/aromatic N) is 2. The summed E-state index contributed by atoms with van der Waals surface area (Å²) in [6.45, 7) is 6.63. The fourth-order valence-electron chi connectivity index (χ4n) is 1.61. The lowest BCUT2D eigenvalue weighted by atomic mass is 10.2. The van der Waals surface area contributed by atoms with E-state index in [1.807, 2.05) is 12.3 Å². The fraction of sp³-hybridized carbons (Fsp3) is 0.333. The molecule has 118 valence electrons. The molecular weight excluding hydrogens is 341 g/mol. The lowest BCUT2D eigenvalue weighted by Gasteiger charge is -2.12. The molecule has 7 heteroatoms. The number of aryl methyl sites for hydroxylation is 1. The Balaban J connectivity index is 2.05. The van der Waals surface area contributed by atoms with Gasteiger partial charge in [0.2, 0.25) is 5.13 Å². The van der Waals surface area contributed by atoms with Gasteiger partial charge < -0.3 is 4.74 Å². The molecule has 0 saturated heterocycles. The van der Waals surface area contributed by atoms with Crippen LogP contribution < -0.4 is 10.2 Å². The van der Waals surface area contributed by atoms with Crippen molar-refractivity contribution in [2.45, 2.75) is 20.8 Å². The van der Waals surface area contributed by atoms with Crippen LogP contribution >= 0.6 is 34.5 Å². The average molecular weight is 358 g/mol. The first-order valence-electron chi connectivity index (χ1n) is 6.78. The Morgan fingerprint density at radius 2 is 2.05 bits per heavy atom. The molecule has 2 aromatic rings. The van der Waals surface area contributed by atoms with Crippen molar-refractivity contribution in [3.8, 4) is 5.75 Å². The van der Waals surface area contributed by atoms with Crippen molar-refractivity contribution in [3.05, 3.63) is 38.8 Å². The number of hydrazone groups is 1. The van der Waals surface area contributed by atoms with Crippen LogP contribution in [0.2, 0.25) is 10.0 Å². The van der Waals surface area contributed by atoms with Crippen molar-refractivity contribution in [3.63, 3.8) is 0 Å².